The lowest BCUT2D eigenvalue weighted by Gasteiger charge is -2.15. The Kier molecular flexibility index (Phi) is 4.32. The third-order valence-electron chi connectivity index (χ3n) is 2.14. The van der Waals surface area contributed by atoms with Crippen LogP contribution in [0, 0.1) is 0 Å². The topological polar surface area (TPSA) is 29.5 Å². The molecule has 5 heteroatoms. The van der Waals surface area contributed by atoms with Gasteiger partial charge in [0.15, 0.2) is 0 Å². The van der Waals surface area contributed by atoms with Crippen LogP contribution in [0.1, 0.15) is 11.1 Å². The van der Waals surface area contributed by atoms with Crippen molar-refractivity contribution in [1.82, 2.24) is 0 Å². The van der Waals surface area contributed by atoms with E-state index in [4.69, 9.17) is 0 Å². The molecule has 0 radical (unpaired) electrons. The Morgan fingerprint density at radius 1 is 1.31 bits per heavy atom. The molecule has 0 aliphatic heterocycles. The number of hydrogen-bond donors (Lipinski definition) is 1. The Bertz CT molecular complexity index is 336. The lowest BCUT2D eigenvalue weighted by molar-refractivity contribution is -0.138. The van der Waals surface area contributed by atoms with Gasteiger partial charge in [-0.25, -0.2) is 0 Å². The Balaban J connectivity index is 2.87. The minimum absolute atomic E-state index is 0.0200. The van der Waals surface area contributed by atoms with E-state index in [1.807, 2.05) is 0 Å². The molecule has 0 heterocycles. The highest BCUT2D eigenvalue weighted by Gasteiger charge is 2.33. The number of ether oxygens (including phenoxy) is 1. The highest BCUT2D eigenvalue weighted by atomic mass is 19.4. The molecule has 1 aromatic carbocycles. The number of halogens is 3. The van der Waals surface area contributed by atoms with Gasteiger partial charge < -0.3 is 9.84 Å². The van der Waals surface area contributed by atoms with Gasteiger partial charge in [0, 0.05) is 13.5 Å². The molecule has 16 heavy (non-hydrogen) atoms. The maximum Gasteiger partial charge on any atom is 0.416 e. The molecule has 2 nitrogen and oxygen atoms in total. The van der Waals surface area contributed by atoms with Gasteiger partial charge in [-0.1, -0.05) is 18.2 Å². The van der Waals surface area contributed by atoms with E-state index in [9.17, 15) is 18.3 Å². The first-order chi connectivity index (χ1) is 7.45. The molecular weight excluding hydrogens is 221 g/mol. The molecule has 1 rings (SSSR count). The number of aliphatic hydroxyl groups is 1. The number of rotatable bonds is 4. The third kappa shape index (κ3) is 3.50. The van der Waals surface area contributed by atoms with Crippen LogP contribution in [0.2, 0.25) is 0 Å². The molecule has 90 valence electrons. The van der Waals surface area contributed by atoms with E-state index in [2.05, 4.69) is 4.74 Å². The molecule has 1 unspecified atom stereocenters. The second-order valence-electron chi connectivity index (χ2n) is 3.47. The molecule has 0 amide bonds. The summed E-state index contributed by atoms with van der Waals surface area (Å²) in [5.41, 5.74) is -0.621. The maximum absolute atomic E-state index is 12.6. The fraction of sp³-hybridized carbons (Fsp3) is 0.455. The van der Waals surface area contributed by atoms with Crippen molar-refractivity contribution in [1.29, 1.82) is 0 Å². The summed E-state index contributed by atoms with van der Waals surface area (Å²) < 4.78 is 42.4. The fourth-order valence-electron chi connectivity index (χ4n) is 1.48. The first-order valence-electron chi connectivity index (χ1n) is 4.77. The van der Waals surface area contributed by atoms with Gasteiger partial charge in [0.1, 0.15) is 0 Å². The normalized spacial score (nSPS) is 13.8. The van der Waals surface area contributed by atoms with E-state index in [1.165, 1.54) is 25.3 Å². The first-order valence-corrected chi connectivity index (χ1v) is 4.77. The lowest BCUT2D eigenvalue weighted by atomic mass is 10.0. The lowest BCUT2D eigenvalue weighted by Crippen LogP contribution is -2.19. The Morgan fingerprint density at radius 2 is 1.94 bits per heavy atom. The van der Waals surface area contributed by atoms with Crippen LogP contribution in [0.4, 0.5) is 13.2 Å². The maximum atomic E-state index is 12.6. The number of aliphatic hydroxyl groups excluding tert-OH is 1. The molecule has 0 spiro atoms. The van der Waals surface area contributed by atoms with Crippen molar-refractivity contribution in [2.24, 2.45) is 0 Å². The molecule has 1 atom stereocenters. The molecule has 0 fully saturated rings. The van der Waals surface area contributed by atoms with Gasteiger partial charge in [-0.2, -0.15) is 13.2 Å². The van der Waals surface area contributed by atoms with Crippen LogP contribution in [0.5, 0.6) is 0 Å². The molecule has 0 bridgehead atoms. The number of benzene rings is 1. The summed E-state index contributed by atoms with van der Waals surface area (Å²) in [7, 11) is 1.39. The second-order valence-corrected chi connectivity index (χ2v) is 3.47. The summed E-state index contributed by atoms with van der Waals surface area (Å²) in [4.78, 5) is 0. The van der Waals surface area contributed by atoms with E-state index >= 15 is 0 Å². The zero-order chi connectivity index (χ0) is 12.2. The Morgan fingerprint density at radius 3 is 2.50 bits per heavy atom. The van der Waals surface area contributed by atoms with E-state index < -0.39 is 17.8 Å². The Hall–Kier alpha value is -1.07. The van der Waals surface area contributed by atoms with Crippen molar-refractivity contribution < 1.29 is 23.0 Å². The monoisotopic (exact) mass is 234 g/mol. The van der Waals surface area contributed by atoms with Crippen LogP contribution in [-0.2, 0) is 17.3 Å². The quantitative estimate of drug-likeness (QED) is 0.865. The molecule has 0 saturated heterocycles. The van der Waals surface area contributed by atoms with E-state index in [-0.39, 0.29) is 18.6 Å². The van der Waals surface area contributed by atoms with Crippen molar-refractivity contribution in [3.63, 3.8) is 0 Å². The van der Waals surface area contributed by atoms with Crippen LogP contribution in [-0.4, -0.2) is 24.9 Å². The van der Waals surface area contributed by atoms with Crippen LogP contribution in [0.3, 0.4) is 0 Å². The summed E-state index contributed by atoms with van der Waals surface area (Å²) in [6.45, 7) is 0.0200. The highest BCUT2D eigenvalue weighted by Crippen LogP contribution is 2.32. The van der Waals surface area contributed by atoms with Gasteiger partial charge in [-0.3, -0.25) is 0 Å². The van der Waals surface area contributed by atoms with Gasteiger partial charge >= 0.3 is 6.18 Å². The Labute approximate surface area is 91.7 Å². The van der Waals surface area contributed by atoms with Gasteiger partial charge in [0.05, 0.1) is 18.3 Å². The van der Waals surface area contributed by atoms with E-state index in [0.29, 0.717) is 0 Å². The van der Waals surface area contributed by atoms with Gasteiger partial charge in [-0.05, 0) is 11.6 Å². The van der Waals surface area contributed by atoms with E-state index in [0.717, 1.165) is 6.07 Å². The predicted octanol–water partition coefficient (Wildman–Crippen LogP) is 2.26. The molecule has 0 aromatic heterocycles. The molecule has 0 aliphatic rings. The van der Waals surface area contributed by atoms with Crippen molar-refractivity contribution in [3.05, 3.63) is 35.4 Å². The largest absolute Gasteiger partial charge is 0.416 e. The summed E-state index contributed by atoms with van der Waals surface area (Å²) in [5.74, 6) is 0. The number of alkyl halides is 3. The van der Waals surface area contributed by atoms with Gasteiger partial charge in [0.2, 0.25) is 0 Å². The zero-order valence-corrected chi connectivity index (χ0v) is 8.79. The fourth-order valence-corrected chi connectivity index (χ4v) is 1.48. The summed E-state index contributed by atoms with van der Waals surface area (Å²) >= 11 is 0. The molecule has 0 saturated carbocycles. The van der Waals surface area contributed by atoms with Crippen LogP contribution in [0.15, 0.2) is 24.3 Å². The summed E-state index contributed by atoms with van der Waals surface area (Å²) in [6.07, 6.45) is -5.37. The molecule has 1 N–H and O–H groups in total. The number of hydrogen-bond acceptors (Lipinski definition) is 2. The van der Waals surface area contributed by atoms with Crippen LogP contribution in [0.25, 0.3) is 0 Å². The standard InChI is InChI=1S/C11H13F3O2/c1-16-7-9(15)6-8-4-2-3-5-10(8)11(12,13)14/h2-5,9,15H,6-7H2,1H3. The van der Waals surface area contributed by atoms with Gasteiger partial charge in [-0.15, -0.1) is 0 Å². The molecular formula is C11H13F3O2. The second kappa shape index (κ2) is 5.32. The molecule has 1 aromatic rings. The van der Waals surface area contributed by atoms with Crippen molar-refractivity contribution >= 4 is 0 Å². The zero-order valence-electron chi connectivity index (χ0n) is 8.79. The SMILES string of the molecule is COCC(O)Cc1ccccc1C(F)(F)F. The van der Waals surface area contributed by atoms with Gasteiger partial charge in [0.25, 0.3) is 0 Å². The van der Waals surface area contributed by atoms with E-state index in [1.54, 1.807) is 0 Å². The number of methoxy groups -OCH3 is 1. The van der Waals surface area contributed by atoms with Crippen LogP contribution < -0.4 is 0 Å². The van der Waals surface area contributed by atoms with Crippen molar-refractivity contribution in [2.45, 2.75) is 18.7 Å². The van der Waals surface area contributed by atoms with Crippen molar-refractivity contribution in [2.75, 3.05) is 13.7 Å². The minimum atomic E-state index is -4.39. The third-order valence-corrected chi connectivity index (χ3v) is 2.14. The summed E-state index contributed by atoms with van der Waals surface area (Å²) in [6, 6.07) is 5.22. The minimum Gasteiger partial charge on any atom is -0.390 e. The first kappa shape index (κ1) is 13.0. The highest BCUT2D eigenvalue weighted by molar-refractivity contribution is 5.30. The van der Waals surface area contributed by atoms with Crippen LogP contribution >= 0.6 is 0 Å². The average molecular weight is 234 g/mol. The van der Waals surface area contributed by atoms with Crippen molar-refractivity contribution in [3.8, 4) is 0 Å². The molecule has 0 aliphatic carbocycles. The summed E-state index contributed by atoms with van der Waals surface area (Å²) in [5, 5.41) is 9.40. The predicted molar refractivity (Wildman–Crippen MR) is 53.0 cm³/mol. The average Bonchev–Trinajstić information content (AvgIpc) is 2.17. The smallest absolute Gasteiger partial charge is 0.390 e.